The molecular weight excluding hydrogens is 315 g/mol. The zero-order chi connectivity index (χ0) is 16.5. The molecule has 1 aromatic carbocycles. The van der Waals surface area contributed by atoms with Crippen LogP contribution in [0.1, 0.15) is 41.5 Å². The summed E-state index contributed by atoms with van der Waals surface area (Å²) in [5.41, 5.74) is 1.32. The first-order valence-corrected chi connectivity index (χ1v) is 7.40. The van der Waals surface area contributed by atoms with Crippen LogP contribution < -0.4 is 0 Å². The summed E-state index contributed by atoms with van der Waals surface area (Å²) in [6, 6.07) is 6.20. The molecule has 1 unspecified atom stereocenters. The van der Waals surface area contributed by atoms with Gasteiger partial charge in [0.15, 0.2) is 11.7 Å². The largest absolute Gasteiger partial charge is 0.446 e. The maximum absolute atomic E-state index is 13.3. The molecule has 2 aromatic heterocycles. The Kier molecular flexibility index (Phi) is 3.56. The van der Waals surface area contributed by atoms with Crippen LogP contribution >= 0.6 is 0 Å². The van der Waals surface area contributed by atoms with Gasteiger partial charge in [0.2, 0.25) is 6.10 Å². The van der Waals surface area contributed by atoms with Gasteiger partial charge in [0.1, 0.15) is 11.6 Å². The first-order valence-electron chi connectivity index (χ1n) is 7.40. The monoisotopic (exact) mass is 328 g/mol. The van der Waals surface area contributed by atoms with Gasteiger partial charge in [-0.15, -0.1) is 0 Å². The van der Waals surface area contributed by atoms with E-state index in [0.29, 0.717) is 47.5 Å². The van der Waals surface area contributed by atoms with Crippen LogP contribution in [0.2, 0.25) is 0 Å². The molecule has 7 nitrogen and oxygen atoms in total. The normalized spacial score (nSPS) is 16.9. The number of oxazole rings is 1. The fourth-order valence-corrected chi connectivity index (χ4v) is 2.46. The van der Waals surface area contributed by atoms with E-state index < -0.39 is 6.10 Å². The molecule has 0 spiro atoms. The van der Waals surface area contributed by atoms with Gasteiger partial charge in [-0.1, -0.05) is 22.4 Å². The predicted molar refractivity (Wildman–Crippen MR) is 79.7 cm³/mol. The molecule has 0 radical (unpaired) electrons. The molecule has 1 aliphatic rings. The predicted octanol–water partition coefficient (Wildman–Crippen LogP) is 2.96. The Morgan fingerprint density at radius 3 is 3.04 bits per heavy atom. The van der Waals surface area contributed by atoms with Crippen molar-refractivity contribution in [3.05, 3.63) is 65.2 Å². The summed E-state index contributed by atoms with van der Waals surface area (Å²) in [7, 11) is 0. The van der Waals surface area contributed by atoms with Crippen LogP contribution in [0.4, 0.5) is 4.39 Å². The van der Waals surface area contributed by atoms with Crippen molar-refractivity contribution in [1.29, 1.82) is 0 Å². The Hall–Kier alpha value is -3.03. The van der Waals surface area contributed by atoms with Crippen LogP contribution in [-0.4, -0.2) is 20.8 Å². The number of hydrogen-bond acceptors (Lipinski definition) is 7. The SMILES string of the molecule is Cc1ncc(Cc2noc(C3CC(c4cccc(F)c4)=NO3)n2)o1. The van der Waals surface area contributed by atoms with Crippen LogP contribution in [0.3, 0.4) is 0 Å². The highest BCUT2D eigenvalue weighted by atomic mass is 19.1. The molecule has 1 atom stereocenters. The highest BCUT2D eigenvalue weighted by Crippen LogP contribution is 2.28. The minimum Gasteiger partial charge on any atom is -0.446 e. The van der Waals surface area contributed by atoms with Crippen molar-refractivity contribution in [3.63, 3.8) is 0 Å². The fourth-order valence-electron chi connectivity index (χ4n) is 2.46. The van der Waals surface area contributed by atoms with Gasteiger partial charge < -0.3 is 13.8 Å². The van der Waals surface area contributed by atoms with Crippen molar-refractivity contribution in [2.75, 3.05) is 0 Å². The van der Waals surface area contributed by atoms with Crippen LogP contribution in [0.25, 0.3) is 0 Å². The van der Waals surface area contributed by atoms with E-state index in [-0.39, 0.29) is 5.82 Å². The van der Waals surface area contributed by atoms with Gasteiger partial charge in [-0.3, -0.25) is 0 Å². The summed E-state index contributed by atoms with van der Waals surface area (Å²) in [4.78, 5) is 13.7. The fraction of sp³-hybridized carbons (Fsp3) is 0.250. The second-order valence-electron chi connectivity index (χ2n) is 5.42. The number of halogens is 1. The van der Waals surface area contributed by atoms with Crippen LogP contribution in [-0.2, 0) is 11.3 Å². The Bertz CT molecular complexity index is 902. The average Bonchev–Trinajstić information content (AvgIpc) is 3.28. The van der Waals surface area contributed by atoms with Gasteiger partial charge in [-0.25, -0.2) is 9.37 Å². The lowest BCUT2D eigenvalue weighted by atomic mass is 10.1. The van der Waals surface area contributed by atoms with Gasteiger partial charge in [-0.2, -0.15) is 4.98 Å². The Labute approximate surface area is 136 Å². The zero-order valence-corrected chi connectivity index (χ0v) is 12.8. The summed E-state index contributed by atoms with van der Waals surface area (Å²) in [5, 5.41) is 7.91. The zero-order valence-electron chi connectivity index (χ0n) is 12.8. The molecule has 122 valence electrons. The third-order valence-corrected chi connectivity index (χ3v) is 3.59. The third kappa shape index (κ3) is 2.90. The number of rotatable bonds is 4. The van der Waals surface area contributed by atoms with Crippen LogP contribution in [0, 0.1) is 12.7 Å². The van der Waals surface area contributed by atoms with Crippen LogP contribution in [0.5, 0.6) is 0 Å². The lowest BCUT2D eigenvalue weighted by Crippen LogP contribution is -2.02. The number of benzene rings is 1. The van der Waals surface area contributed by atoms with E-state index in [2.05, 4.69) is 20.3 Å². The molecule has 0 saturated carbocycles. The average molecular weight is 328 g/mol. The number of aromatic nitrogens is 3. The van der Waals surface area contributed by atoms with Crippen molar-refractivity contribution < 1.29 is 18.2 Å². The first-order chi connectivity index (χ1) is 11.7. The third-order valence-electron chi connectivity index (χ3n) is 3.59. The Morgan fingerprint density at radius 1 is 1.33 bits per heavy atom. The summed E-state index contributed by atoms with van der Waals surface area (Å²) in [6.07, 6.45) is 1.98. The van der Waals surface area contributed by atoms with Crippen molar-refractivity contribution in [1.82, 2.24) is 15.1 Å². The van der Waals surface area contributed by atoms with E-state index in [1.165, 1.54) is 12.1 Å². The molecule has 8 heteroatoms. The molecule has 0 fully saturated rings. The van der Waals surface area contributed by atoms with E-state index >= 15 is 0 Å². The van der Waals surface area contributed by atoms with Crippen molar-refractivity contribution in [2.24, 2.45) is 5.16 Å². The molecule has 1 aliphatic heterocycles. The second-order valence-corrected chi connectivity index (χ2v) is 5.42. The molecule has 0 amide bonds. The summed E-state index contributed by atoms with van der Waals surface area (Å²) < 4.78 is 23.9. The number of nitrogens with zero attached hydrogens (tertiary/aromatic N) is 4. The molecule has 3 aromatic rings. The molecule has 0 aliphatic carbocycles. The van der Waals surface area contributed by atoms with Gasteiger partial charge in [0.05, 0.1) is 18.3 Å². The number of oxime groups is 1. The van der Waals surface area contributed by atoms with Crippen molar-refractivity contribution in [2.45, 2.75) is 25.9 Å². The standard InChI is InChI=1S/C16H13FN4O3/c1-9-18-8-12(22-9)6-15-19-16(24-21-15)14-7-13(20-23-14)10-3-2-4-11(17)5-10/h2-5,8,14H,6-7H2,1H3. The smallest absolute Gasteiger partial charge is 0.270 e. The Balaban J connectivity index is 1.45. The molecule has 3 heterocycles. The quantitative estimate of drug-likeness (QED) is 0.732. The minimum absolute atomic E-state index is 0.318. The van der Waals surface area contributed by atoms with E-state index in [0.717, 1.165) is 0 Å². The molecule has 24 heavy (non-hydrogen) atoms. The number of aryl methyl sites for hydroxylation is 1. The molecule has 4 rings (SSSR count). The lowest BCUT2D eigenvalue weighted by Gasteiger charge is -2.01. The second kappa shape index (κ2) is 5.88. The van der Waals surface area contributed by atoms with Crippen molar-refractivity contribution >= 4 is 5.71 Å². The van der Waals surface area contributed by atoms with E-state index in [1.807, 2.05) is 0 Å². The highest BCUT2D eigenvalue weighted by Gasteiger charge is 2.29. The van der Waals surface area contributed by atoms with Crippen LogP contribution in [0.15, 0.2) is 44.6 Å². The molecular formula is C16H13FN4O3. The van der Waals surface area contributed by atoms with Gasteiger partial charge in [0.25, 0.3) is 5.89 Å². The molecule has 0 saturated heterocycles. The summed E-state index contributed by atoms with van der Waals surface area (Å²) in [6.45, 7) is 1.77. The maximum Gasteiger partial charge on any atom is 0.270 e. The maximum atomic E-state index is 13.3. The summed E-state index contributed by atoms with van der Waals surface area (Å²) in [5.74, 6) is 1.73. The van der Waals surface area contributed by atoms with Gasteiger partial charge >= 0.3 is 0 Å². The van der Waals surface area contributed by atoms with Gasteiger partial charge in [0, 0.05) is 18.9 Å². The topological polar surface area (TPSA) is 86.5 Å². The van der Waals surface area contributed by atoms with E-state index in [4.69, 9.17) is 13.8 Å². The molecule has 0 N–H and O–H groups in total. The first kappa shape index (κ1) is 14.6. The van der Waals surface area contributed by atoms with Crippen molar-refractivity contribution in [3.8, 4) is 0 Å². The van der Waals surface area contributed by atoms with E-state index in [9.17, 15) is 4.39 Å². The number of hydrogen-bond donors (Lipinski definition) is 0. The van der Waals surface area contributed by atoms with E-state index in [1.54, 1.807) is 25.3 Å². The lowest BCUT2D eigenvalue weighted by molar-refractivity contribution is 0.0599. The molecule has 0 bridgehead atoms. The highest BCUT2D eigenvalue weighted by molar-refractivity contribution is 6.01. The minimum atomic E-state index is -0.471. The Morgan fingerprint density at radius 2 is 2.25 bits per heavy atom. The van der Waals surface area contributed by atoms with Gasteiger partial charge in [-0.05, 0) is 12.1 Å². The summed E-state index contributed by atoms with van der Waals surface area (Å²) >= 11 is 0.